The Hall–Kier alpha value is -3.41. The number of halogens is 1. The van der Waals surface area contributed by atoms with E-state index in [1.165, 1.54) is 12.1 Å². The standard InChI is InChI=1S/C22H20FN3O2/c1-14-20-18(26-25-15-8-3-2-4-9-15)12-7-13-19(20)28-21(14)22(27)24-17-11-6-5-10-16(17)23/h2-6,8-11,25H,7,12-13H2,1H3,(H,24,27)/b26-18+. The Morgan fingerprint density at radius 3 is 2.61 bits per heavy atom. The lowest BCUT2D eigenvalue weighted by Crippen LogP contribution is -2.15. The number of amides is 1. The molecule has 1 aliphatic rings. The normalized spacial score (nSPS) is 14.6. The van der Waals surface area contributed by atoms with E-state index in [9.17, 15) is 9.18 Å². The highest BCUT2D eigenvalue weighted by Crippen LogP contribution is 2.30. The first-order valence-corrected chi connectivity index (χ1v) is 9.19. The zero-order chi connectivity index (χ0) is 19.5. The summed E-state index contributed by atoms with van der Waals surface area (Å²) >= 11 is 0. The minimum Gasteiger partial charge on any atom is -0.455 e. The molecule has 28 heavy (non-hydrogen) atoms. The van der Waals surface area contributed by atoms with E-state index in [-0.39, 0.29) is 11.4 Å². The van der Waals surface area contributed by atoms with E-state index in [1.54, 1.807) is 12.1 Å². The monoisotopic (exact) mass is 377 g/mol. The van der Waals surface area contributed by atoms with E-state index in [1.807, 2.05) is 37.3 Å². The van der Waals surface area contributed by atoms with E-state index < -0.39 is 11.7 Å². The zero-order valence-electron chi connectivity index (χ0n) is 15.5. The molecule has 0 radical (unpaired) electrons. The second kappa shape index (κ2) is 7.68. The number of hydrogen-bond acceptors (Lipinski definition) is 4. The maximum absolute atomic E-state index is 13.8. The van der Waals surface area contributed by atoms with Gasteiger partial charge in [-0.1, -0.05) is 30.3 Å². The number of aryl methyl sites for hydroxylation is 1. The molecule has 1 aliphatic carbocycles. The molecule has 0 bridgehead atoms. The predicted molar refractivity (Wildman–Crippen MR) is 107 cm³/mol. The zero-order valence-corrected chi connectivity index (χ0v) is 15.5. The lowest BCUT2D eigenvalue weighted by Gasteiger charge is -2.13. The molecule has 6 heteroatoms. The summed E-state index contributed by atoms with van der Waals surface area (Å²) < 4.78 is 19.7. The maximum Gasteiger partial charge on any atom is 0.291 e. The van der Waals surface area contributed by atoms with Gasteiger partial charge in [0.05, 0.1) is 17.1 Å². The van der Waals surface area contributed by atoms with Crippen molar-refractivity contribution in [3.8, 4) is 0 Å². The number of carbonyl (C=O) groups excluding carboxylic acids is 1. The number of carbonyl (C=O) groups is 1. The topological polar surface area (TPSA) is 66.6 Å². The Balaban J connectivity index is 1.61. The highest BCUT2D eigenvalue weighted by Gasteiger charge is 2.28. The van der Waals surface area contributed by atoms with E-state index in [0.717, 1.165) is 47.5 Å². The van der Waals surface area contributed by atoms with Crippen molar-refractivity contribution in [2.24, 2.45) is 5.10 Å². The molecule has 1 aromatic heterocycles. The third-order valence-electron chi connectivity index (χ3n) is 4.75. The Labute approximate surface area is 162 Å². The smallest absolute Gasteiger partial charge is 0.291 e. The number of fused-ring (bicyclic) bond motifs is 1. The summed E-state index contributed by atoms with van der Waals surface area (Å²) in [4.78, 5) is 12.7. The maximum atomic E-state index is 13.8. The highest BCUT2D eigenvalue weighted by atomic mass is 19.1. The number of furan rings is 1. The number of hydrazone groups is 1. The van der Waals surface area contributed by atoms with Crippen molar-refractivity contribution in [3.05, 3.63) is 83.1 Å². The average Bonchev–Trinajstić information content (AvgIpc) is 3.06. The molecular weight excluding hydrogens is 357 g/mol. The van der Waals surface area contributed by atoms with Crippen LogP contribution in [-0.4, -0.2) is 11.6 Å². The van der Waals surface area contributed by atoms with Crippen molar-refractivity contribution < 1.29 is 13.6 Å². The number of nitrogens with zero attached hydrogens (tertiary/aromatic N) is 1. The van der Waals surface area contributed by atoms with Crippen LogP contribution in [0.1, 0.15) is 40.3 Å². The molecule has 5 nitrogen and oxygen atoms in total. The van der Waals surface area contributed by atoms with Crippen LogP contribution in [0.4, 0.5) is 15.8 Å². The summed E-state index contributed by atoms with van der Waals surface area (Å²) in [6.07, 6.45) is 2.43. The van der Waals surface area contributed by atoms with Gasteiger partial charge in [0.15, 0.2) is 5.76 Å². The predicted octanol–water partition coefficient (Wildman–Crippen LogP) is 5.13. The molecule has 1 amide bonds. The fourth-order valence-electron chi connectivity index (χ4n) is 3.38. The summed E-state index contributed by atoms with van der Waals surface area (Å²) in [5.74, 6) is -0.00915. The molecule has 4 rings (SSSR count). The third-order valence-corrected chi connectivity index (χ3v) is 4.75. The van der Waals surface area contributed by atoms with Crippen LogP contribution in [0.2, 0.25) is 0 Å². The minimum atomic E-state index is -0.487. The first-order chi connectivity index (χ1) is 13.6. The van der Waals surface area contributed by atoms with Gasteiger partial charge in [-0.15, -0.1) is 0 Å². The second-order valence-electron chi connectivity index (χ2n) is 6.68. The van der Waals surface area contributed by atoms with Gasteiger partial charge in [0.1, 0.15) is 11.6 Å². The number of rotatable bonds is 4. The van der Waals surface area contributed by atoms with Gasteiger partial charge in [-0.2, -0.15) is 5.10 Å². The molecule has 0 aliphatic heterocycles. The van der Waals surface area contributed by atoms with E-state index in [4.69, 9.17) is 4.42 Å². The van der Waals surface area contributed by atoms with Crippen molar-refractivity contribution in [2.75, 3.05) is 10.7 Å². The summed E-state index contributed by atoms with van der Waals surface area (Å²) in [6, 6.07) is 15.7. The largest absolute Gasteiger partial charge is 0.455 e. The van der Waals surface area contributed by atoms with Gasteiger partial charge in [-0.25, -0.2) is 4.39 Å². The Bertz CT molecular complexity index is 1040. The molecular formula is C22H20FN3O2. The first kappa shape index (κ1) is 18.0. The average molecular weight is 377 g/mol. The summed E-state index contributed by atoms with van der Waals surface area (Å²) in [5, 5.41) is 7.13. The molecule has 142 valence electrons. The summed E-state index contributed by atoms with van der Waals surface area (Å²) in [6.45, 7) is 1.84. The molecule has 2 N–H and O–H groups in total. The van der Waals surface area contributed by atoms with Crippen LogP contribution >= 0.6 is 0 Å². The number of benzene rings is 2. The van der Waals surface area contributed by atoms with Gasteiger partial charge >= 0.3 is 0 Å². The van der Waals surface area contributed by atoms with Crippen molar-refractivity contribution in [1.82, 2.24) is 0 Å². The van der Waals surface area contributed by atoms with Gasteiger partial charge in [-0.05, 0) is 44.0 Å². The fraction of sp³-hybridized carbons (Fsp3) is 0.182. The summed E-state index contributed by atoms with van der Waals surface area (Å²) in [5.41, 5.74) is 6.53. The molecule has 0 unspecified atom stereocenters. The Kier molecular flexibility index (Phi) is 4.93. The van der Waals surface area contributed by atoms with Crippen molar-refractivity contribution in [2.45, 2.75) is 26.2 Å². The number of nitrogens with one attached hydrogen (secondary N) is 2. The molecule has 2 aromatic carbocycles. The second-order valence-corrected chi connectivity index (χ2v) is 6.68. The highest BCUT2D eigenvalue weighted by molar-refractivity contribution is 6.09. The van der Waals surface area contributed by atoms with Gasteiger partial charge in [0, 0.05) is 17.5 Å². The molecule has 0 spiro atoms. The minimum absolute atomic E-state index is 0.126. The summed E-state index contributed by atoms with van der Waals surface area (Å²) in [7, 11) is 0. The molecule has 0 fully saturated rings. The van der Waals surface area contributed by atoms with Crippen molar-refractivity contribution in [3.63, 3.8) is 0 Å². The van der Waals surface area contributed by atoms with E-state index in [0.29, 0.717) is 0 Å². The van der Waals surface area contributed by atoms with E-state index in [2.05, 4.69) is 15.8 Å². The molecule has 0 atom stereocenters. The van der Waals surface area contributed by atoms with Gasteiger partial charge in [-0.3, -0.25) is 10.2 Å². The van der Waals surface area contributed by atoms with E-state index >= 15 is 0 Å². The van der Waals surface area contributed by atoms with Crippen LogP contribution in [0.25, 0.3) is 0 Å². The molecule has 0 saturated carbocycles. The Morgan fingerprint density at radius 1 is 1.07 bits per heavy atom. The van der Waals surface area contributed by atoms with Gasteiger partial charge in [0.2, 0.25) is 0 Å². The number of para-hydroxylation sites is 2. The van der Waals surface area contributed by atoms with Crippen LogP contribution in [0.5, 0.6) is 0 Å². The Morgan fingerprint density at radius 2 is 1.82 bits per heavy atom. The number of anilines is 2. The third kappa shape index (κ3) is 3.53. The van der Waals surface area contributed by atoms with Crippen LogP contribution in [0.15, 0.2) is 64.1 Å². The van der Waals surface area contributed by atoms with Gasteiger partial charge < -0.3 is 9.73 Å². The van der Waals surface area contributed by atoms with Crippen LogP contribution in [0, 0.1) is 12.7 Å². The molecule has 3 aromatic rings. The SMILES string of the molecule is Cc1c(C(=O)Nc2ccccc2F)oc2c1/C(=N/Nc1ccccc1)CCC2. The lowest BCUT2D eigenvalue weighted by molar-refractivity contribution is 0.0993. The first-order valence-electron chi connectivity index (χ1n) is 9.19. The molecule has 0 saturated heterocycles. The molecule has 1 heterocycles. The van der Waals surface area contributed by atoms with Crippen molar-refractivity contribution >= 4 is 23.0 Å². The van der Waals surface area contributed by atoms with Crippen molar-refractivity contribution in [1.29, 1.82) is 0 Å². The lowest BCUT2D eigenvalue weighted by atomic mass is 9.93. The quantitative estimate of drug-likeness (QED) is 0.619. The fourth-order valence-corrected chi connectivity index (χ4v) is 3.38. The number of hydrogen-bond donors (Lipinski definition) is 2. The van der Waals surface area contributed by atoms with Crippen LogP contribution < -0.4 is 10.7 Å². The van der Waals surface area contributed by atoms with Gasteiger partial charge in [0.25, 0.3) is 5.91 Å². The van der Waals surface area contributed by atoms with Crippen LogP contribution in [0.3, 0.4) is 0 Å². The van der Waals surface area contributed by atoms with Crippen LogP contribution in [-0.2, 0) is 6.42 Å².